The van der Waals surface area contributed by atoms with Crippen LogP contribution in [-0.2, 0) is 0 Å². The van der Waals surface area contributed by atoms with Crippen molar-refractivity contribution in [3.05, 3.63) is 11.8 Å². The van der Waals surface area contributed by atoms with Gasteiger partial charge in [-0.2, -0.15) is 4.98 Å². The first-order valence-electron chi connectivity index (χ1n) is 10.9. The van der Waals surface area contributed by atoms with E-state index in [1.165, 1.54) is 6.20 Å². The van der Waals surface area contributed by atoms with Gasteiger partial charge < -0.3 is 21.5 Å². The molecule has 5 rings (SSSR count). The fraction of sp³-hybridized carbons (Fsp3) is 0.762. The molecule has 1 heterocycles. The number of hydrogen-bond acceptors (Lipinski definition) is 6. The van der Waals surface area contributed by atoms with Crippen LogP contribution in [0.5, 0.6) is 0 Å². The van der Waals surface area contributed by atoms with Crippen molar-refractivity contribution in [3.63, 3.8) is 0 Å². The highest BCUT2D eigenvalue weighted by Gasteiger charge is 2.53. The Morgan fingerprint density at radius 2 is 2.00 bits per heavy atom. The van der Waals surface area contributed by atoms with E-state index in [2.05, 4.69) is 20.6 Å². The maximum absolute atomic E-state index is 14.8. The second-order valence-electron chi connectivity index (χ2n) is 9.38. The Labute approximate surface area is 171 Å². The van der Waals surface area contributed by atoms with E-state index in [4.69, 9.17) is 5.73 Å². The zero-order valence-electron chi connectivity index (χ0n) is 17.1. The SMILES string of the molecule is C[C@H]1CC2(Nc3ncc(C(N)=O)c(N[C@@H]4CCCC[C@H](O)C4)n3)CCC1(F)CC2. The first kappa shape index (κ1) is 20.3. The number of hydrogen-bond donors (Lipinski definition) is 4. The van der Waals surface area contributed by atoms with Crippen LogP contribution in [0.15, 0.2) is 6.20 Å². The Kier molecular flexibility index (Phi) is 5.40. The minimum atomic E-state index is -1.03. The van der Waals surface area contributed by atoms with Crippen LogP contribution in [-0.4, -0.2) is 44.3 Å². The molecular formula is C21H32FN5O2. The summed E-state index contributed by atoms with van der Waals surface area (Å²) in [6.07, 6.45) is 8.83. The number of carbonyl (C=O) groups is 1. The topological polar surface area (TPSA) is 113 Å². The van der Waals surface area contributed by atoms with Gasteiger partial charge in [-0.05, 0) is 57.3 Å². The van der Waals surface area contributed by atoms with Crippen LogP contribution in [0.3, 0.4) is 0 Å². The quantitative estimate of drug-likeness (QED) is 0.560. The molecule has 0 aromatic carbocycles. The summed E-state index contributed by atoms with van der Waals surface area (Å²) in [5.41, 5.74) is 4.55. The second kappa shape index (κ2) is 7.70. The number of fused-ring (bicyclic) bond motifs is 3. The van der Waals surface area contributed by atoms with E-state index in [0.29, 0.717) is 31.0 Å². The molecule has 1 aromatic rings. The van der Waals surface area contributed by atoms with Crippen LogP contribution >= 0.6 is 0 Å². The van der Waals surface area contributed by atoms with Crippen molar-refractivity contribution in [1.29, 1.82) is 0 Å². The number of nitrogens with two attached hydrogens (primary N) is 1. The number of halogens is 1. The van der Waals surface area contributed by atoms with Crippen molar-refractivity contribution in [3.8, 4) is 0 Å². The molecule has 4 saturated carbocycles. The summed E-state index contributed by atoms with van der Waals surface area (Å²) in [6, 6.07) is 0.0306. The molecule has 5 N–H and O–H groups in total. The van der Waals surface area contributed by atoms with Crippen LogP contribution in [0.2, 0.25) is 0 Å². The third-order valence-corrected chi connectivity index (χ3v) is 7.29. The highest BCUT2D eigenvalue weighted by molar-refractivity contribution is 5.97. The molecule has 29 heavy (non-hydrogen) atoms. The van der Waals surface area contributed by atoms with Gasteiger partial charge in [0.05, 0.1) is 11.7 Å². The van der Waals surface area contributed by atoms with Gasteiger partial charge in [-0.15, -0.1) is 0 Å². The van der Waals surface area contributed by atoms with Crippen molar-refractivity contribution in [1.82, 2.24) is 9.97 Å². The molecule has 4 fully saturated rings. The molecule has 4 aliphatic rings. The fourth-order valence-corrected chi connectivity index (χ4v) is 5.41. The largest absolute Gasteiger partial charge is 0.393 e. The molecule has 0 unspecified atom stereocenters. The molecule has 7 nitrogen and oxygen atoms in total. The lowest BCUT2D eigenvalue weighted by molar-refractivity contribution is -0.0350. The molecule has 0 radical (unpaired) electrons. The van der Waals surface area contributed by atoms with Crippen LogP contribution in [0.1, 0.15) is 81.5 Å². The van der Waals surface area contributed by atoms with E-state index in [1.54, 1.807) is 0 Å². The molecule has 0 spiro atoms. The number of amides is 1. The molecule has 8 heteroatoms. The average molecular weight is 406 g/mol. The third kappa shape index (κ3) is 4.17. The maximum atomic E-state index is 14.8. The smallest absolute Gasteiger partial charge is 0.254 e. The molecule has 0 aliphatic heterocycles. The van der Waals surface area contributed by atoms with Gasteiger partial charge in [0.15, 0.2) is 0 Å². The Bertz CT molecular complexity index is 765. The van der Waals surface area contributed by atoms with Gasteiger partial charge in [0.25, 0.3) is 5.91 Å². The zero-order valence-corrected chi connectivity index (χ0v) is 17.1. The molecule has 0 saturated heterocycles. The summed E-state index contributed by atoms with van der Waals surface area (Å²) >= 11 is 0. The lowest BCUT2D eigenvalue weighted by Gasteiger charge is -2.53. The van der Waals surface area contributed by atoms with Crippen LogP contribution in [0, 0.1) is 5.92 Å². The normalized spacial score (nSPS) is 37.0. The first-order chi connectivity index (χ1) is 13.8. The Balaban J connectivity index is 1.54. The minimum absolute atomic E-state index is 0.00691. The lowest BCUT2D eigenvalue weighted by Crippen LogP contribution is -2.56. The molecule has 4 aliphatic carbocycles. The lowest BCUT2D eigenvalue weighted by atomic mass is 9.59. The summed E-state index contributed by atoms with van der Waals surface area (Å²) in [7, 11) is 0. The predicted molar refractivity (Wildman–Crippen MR) is 109 cm³/mol. The van der Waals surface area contributed by atoms with Gasteiger partial charge in [0.1, 0.15) is 11.5 Å². The Hall–Kier alpha value is -1.96. The monoisotopic (exact) mass is 405 g/mol. The van der Waals surface area contributed by atoms with Crippen molar-refractivity contribution >= 4 is 17.7 Å². The van der Waals surface area contributed by atoms with E-state index in [9.17, 15) is 14.3 Å². The first-order valence-corrected chi connectivity index (χ1v) is 10.9. The van der Waals surface area contributed by atoms with Crippen LogP contribution in [0.4, 0.5) is 16.2 Å². The average Bonchev–Trinajstić information content (AvgIpc) is 2.87. The van der Waals surface area contributed by atoms with E-state index in [1.807, 2.05) is 6.92 Å². The number of nitrogens with one attached hydrogen (secondary N) is 2. The highest BCUT2D eigenvalue weighted by atomic mass is 19.1. The van der Waals surface area contributed by atoms with E-state index < -0.39 is 11.6 Å². The summed E-state index contributed by atoms with van der Waals surface area (Å²) in [5.74, 6) is 0.266. The minimum Gasteiger partial charge on any atom is -0.393 e. The van der Waals surface area contributed by atoms with Gasteiger partial charge in [0, 0.05) is 17.8 Å². The Morgan fingerprint density at radius 1 is 1.28 bits per heavy atom. The third-order valence-electron chi connectivity index (χ3n) is 7.29. The number of aliphatic hydroxyl groups excluding tert-OH is 1. The molecule has 3 atom stereocenters. The number of rotatable bonds is 5. The van der Waals surface area contributed by atoms with E-state index >= 15 is 0 Å². The highest BCUT2D eigenvalue weighted by Crippen LogP contribution is 2.53. The summed E-state index contributed by atoms with van der Waals surface area (Å²) in [5, 5.41) is 16.9. The van der Waals surface area contributed by atoms with Crippen molar-refractivity contribution < 1.29 is 14.3 Å². The fourth-order valence-electron chi connectivity index (χ4n) is 5.41. The number of primary amides is 1. The molecule has 1 amide bonds. The van der Waals surface area contributed by atoms with Crippen LogP contribution < -0.4 is 16.4 Å². The zero-order chi connectivity index (χ0) is 20.6. The second-order valence-corrected chi connectivity index (χ2v) is 9.38. The summed E-state index contributed by atoms with van der Waals surface area (Å²) < 4.78 is 14.8. The van der Waals surface area contributed by atoms with E-state index in [-0.39, 0.29) is 29.2 Å². The summed E-state index contributed by atoms with van der Waals surface area (Å²) in [4.78, 5) is 20.8. The Morgan fingerprint density at radius 3 is 2.69 bits per heavy atom. The van der Waals surface area contributed by atoms with Gasteiger partial charge >= 0.3 is 0 Å². The number of anilines is 2. The molecule has 2 bridgehead atoms. The van der Waals surface area contributed by atoms with Crippen LogP contribution in [0.25, 0.3) is 0 Å². The van der Waals surface area contributed by atoms with Gasteiger partial charge in [-0.3, -0.25) is 4.79 Å². The van der Waals surface area contributed by atoms with Crippen molar-refractivity contribution in [2.24, 2.45) is 11.7 Å². The molecule has 1 aromatic heterocycles. The van der Waals surface area contributed by atoms with Gasteiger partial charge in [-0.25, -0.2) is 9.37 Å². The van der Waals surface area contributed by atoms with Gasteiger partial charge in [-0.1, -0.05) is 19.8 Å². The number of alkyl halides is 1. The van der Waals surface area contributed by atoms with E-state index in [0.717, 1.165) is 44.9 Å². The molecule has 160 valence electrons. The molecular weight excluding hydrogens is 373 g/mol. The van der Waals surface area contributed by atoms with Crippen molar-refractivity contribution in [2.45, 2.75) is 94.5 Å². The number of aliphatic hydroxyl groups is 1. The number of nitrogens with zero attached hydrogens (tertiary/aromatic N) is 2. The number of carbonyl (C=O) groups excluding carboxylic acids is 1. The standard InChI is InChI=1S/C21H32FN5O2/c1-13-11-20(6-8-21(13,22)9-7-20)27-19-24-12-16(17(23)29)18(26-19)25-14-4-2-3-5-15(28)10-14/h12-15,28H,2-11H2,1H3,(H2,23,29)(H2,24,25,26,27)/t13-,14+,15-,20?,21?/m0/s1. The maximum Gasteiger partial charge on any atom is 0.254 e. The predicted octanol–water partition coefficient (Wildman–Crippen LogP) is 3.15. The van der Waals surface area contributed by atoms with Gasteiger partial charge in [0.2, 0.25) is 5.95 Å². The number of aromatic nitrogens is 2. The van der Waals surface area contributed by atoms with Crippen molar-refractivity contribution in [2.75, 3.05) is 10.6 Å². The summed E-state index contributed by atoms with van der Waals surface area (Å²) in [6.45, 7) is 1.98.